The van der Waals surface area contributed by atoms with Crippen LogP contribution in [-0.4, -0.2) is 21.8 Å². The van der Waals surface area contributed by atoms with E-state index in [0.29, 0.717) is 11.5 Å². The molecule has 3 aromatic rings. The van der Waals surface area contributed by atoms with Gasteiger partial charge >= 0.3 is 5.91 Å². The van der Waals surface area contributed by atoms with Gasteiger partial charge in [-0.15, -0.1) is 0 Å². The Hall–Kier alpha value is -3.88. The molecule has 0 aliphatic rings. The molecule has 0 aliphatic carbocycles. The summed E-state index contributed by atoms with van der Waals surface area (Å²) in [5, 5.41) is 0. The van der Waals surface area contributed by atoms with Crippen molar-refractivity contribution in [3.8, 4) is 5.75 Å². The number of hydrazine groups is 1. The third-order valence-electron chi connectivity index (χ3n) is 3.24. The van der Waals surface area contributed by atoms with Gasteiger partial charge in [-0.2, -0.15) is 0 Å². The van der Waals surface area contributed by atoms with E-state index in [1.807, 2.05) is 30.3 Å². The van der Waals surface area contributed by atoms with E-state index >= 15 is 0 Å². The SMILES string of the molecule is Nc1nccnc1C(=O)NNC(=O)c1ccc(COc2ccccc2)o1. The van der Waals surface area contributed by atoms with Crippen molar-refractivity contribution in [3.63, 3.8) is 0 Å². The van der Waals surface area contributed by atoms with Crippen LogP contribution in [0.25, 0.3) is 0 Å². The highest BCUT2D eigenvalue weighted by atomic mass is 16.5. The van der Waals surface area contributed by atoms with Gasteiger partial charge in [0.05, 0.1) is 0 Å². The molecular weight excluding hydrogens is 338 g/mol. The van der Waals surface area contributed by atoms with Crippen LogP contribution in [0.1, 0.15) is 26.8 Å². The van der Waals surface area contributed by atoms with Crippen molar-refractivity contribution in [3.05, 3.63) is 72.1 Å². The number of carbonyl (C=O) groups is 2. The first kappa shape index (κ1) is 17.0. The molecule has 2 aromatic heterocycles. The molecule has 0 aliphatic heterocycles. The summed E-state index contributed by atoms with van der Waals surface area (Å²) in [5.41, 5.74) is 9.86. The highest BCUT2D eigenvalue weighted by Gasteiger charge is 2.15. The Morgan fingerprint density at radius 1 is 1.00 bits per heavy atom. The van der Waals surface area contributed by atoms with E-state index < -0.39 is 11.8 Å². The Bertz CT molecular complexity index is 910. The van der Waals surface area contributed by atoms with Gasteiger partial charge in [-0.1, -0.05) is 18.2 Å². The molecule has 3 rings (SSSR count). The van der Waals surface area contributed by atoms with E-state index in [1.54, 1.807) is 6.07 Å². The van der Waals surface area contributed by atoms with E-state index in [-0.39, 0.29) is 23.9 Å². The second-order valence-electron chi connectivity index (χ2n) is 5.07. The topological polar surface area (TPSA) is 132 Å². The average Bonchev–Trinajstić information content (AvgIpc) is 3.14. The van der Waals surface area contributed by atoms with Crippen LogP contribution in [0, 0.1) is 0 Å². The van der Waals surface area contributed by atoms with Gasteiger partial charge in [0.25, 0.3) is 5.91 Å². The summed E-state index contributed by atoms with van der Waals surface area (Å²) in [4.78, 5) is 31.5. The zero-order valence-corrected chi connectivity index (χ0v) is 13.5. The standard InChI is InChI=1S/C17H15N5O4/c18-15-14(19-8-9-20-15)17(24)22-21-16(23)13-7-6-12(26-13)10-25-11-4-2-1-3-5-11/h1-9H,10H2,(H2,18,20)(H,21,23)(H,22,24). The average molecular weight is 353 g/mol. The molecule has 0 saturated heterocycles. The Morgan fingerprint density at radius 3 is 2.50 bits per heavy atom. The highest BCUT2D eigenvalue weighted by molar-refractivity contribution is 5.99. The van der Waals surface area contributed by atoms with Gasteiger partial charge in [0.2, 0.25) is 0 Å². The molecule has 2 heterocycles. The monoisotopic (exact) mass is 353 g/mol. The molecule has 9 heteroatoms. The molecule has 0 fully saturated rings. The minimum Gasteiger partial charge on any atom is -0.486 e. The lowest BCUT2D eigenvalue weighted by Crippen LogP contribution is -2.42. The second kappa shape index (κ2) is 7.79. The van der Waals surface area contributed by atoms with Gasteiger partial charge in [-0.25, -0.2) is 9.97 Å². The van der Waals surface area contributed by atoms with Gasteiger partial charge in [0.15, 0.2) is 17.3 Å². The molecule has 0 spiro atoms. The molecule has 4 N–H and O–H groups in total. The van der Waals surface area contributed by atoms with Crippen LogP contribution in [-0.2, 0) is 6.61 Å². The fourth-order valence-corrected chi connectivity index (χ4v) is 2.01. The lowest BCUT2D eigenvalue weighted by atomic mass is 10.3. The Labute approximate surface area is 148 Å². The molecular formula is C17H15N5O4. The second-order valence-corrected chi connectivity index (χ2v) is 5.07. The third kappa shape index (κ3) is 4.15. The van der Waals surface area contributed by atoms with Crippen LogP contribution in [0.3, 0.4) is 0 Å². The van der Waals surface area contributed by atoms with Gasteiger partial charge < -0.3 is 14.9 Å². The number of amides is 2. The van der Waals surface area contributed by atoms with Crippen molar-refractivity contribution in [1.82, 2.24) is 20.8 Å². The number of nitrogens with one attached hydrogen (secondary N) is 2. The van der Waals surface area contributed by atoms with Crippen LogP contribution in [0.2, 0.25) is 0 Å². The number of ether oxygens (including phenoxy) is 1. The molecule has 132 valence electrons. The van der Waals surface area contributed by atoms with Crippen LogP contribution >= 0.6 is 0 Å². The number of nitrogens with zero attached hydrogens (tertiary/aromatic N) is 2. The fourth-order valence-electron chi connectivity index (χ4n) is 2.01. The van der Waals surface area contributed by atoms with Gasteiger partial charge in [0, 0.05) is 12.4 Å². The number of hydrogen-bond donors (Lipinski definition) is 3. The lowest BCUT2D eigenvalue weighted by Gasteiger charge is -2.06. The molecule has 26 heavy (non-hydrogen) atoms. The van der Waals surface area contributed by atoms with Crippen LogP contribution in [0.15, 0.2) is 59.3 Å². The molecule has 0 saturated carbocycles. The first-order valence-electron chi connectivity index (χ1n) is 7.57. The first-order valence-corrected chi connectivity index (χ1v) is 7.57. The van der Waals surface area contributed by atoms with Gasteiger partial charge in [-0.05, 0) is 24.3 Å². The number of nitrogens with two attached hydrogens (primary N) is 1. The Morgan fingerprint density at radius 2 is 1.73 bits per heavy atom. The first-order chi connectivity index (χ1) is 12.6. The number of hydrogen-bond acceptors (Lipinski definition) is 7. The molecule has 0 radical (unpaired) electrons. The van der Waals surface area contributed by atoms with E-state index in [4.69, 9.17) is 14.9 Å². The summed E-state index contributed by atoms with van der Waals surface area (Å²) < 4.78 is 10.9. The maximum atomic E-state index is 12.0. The largest absolute Gasteiger partial charge is 0.486 e. The normalized spacial score (nSPS) is 10.2. The highest BCUT2D eigenvalue weighted by Crippen LogP contribution is 2.13. The van der Waals surface area contributed by atoms with Gasteiger partial charge in [-0.3, -0.25) is 20.4 Å². The minimum atomic E-state index is -0.692. The van der Waals surface area contributed by atoms with Crippen molar-refractivity contribution < 1.29 is 18.7 Å². The fraction of sp³-hybridized carbons (Fsp3) is 0.0588. The number of carbonyl (C=O) groups excluding carboxylic acids is 2. The zero-order valence-electron chi connectivity index (χ0n) is 13.5. The number of para-hydroxylation sites is 1. The van der Waals surface area contributed by atoms with Crippen molar-refractivity contribution in [2.45, 2.75) is 6.61 Å². The number of aromatic nitrogens is 2. The summed E-state index contributed by atoms with van der Waals surface area (Å²) >= 11 is 0. The predicted octanol–water partition coefficient (Wildman–Crippen LogP) is 1.31. The van der Waals surface area contributed by atoms with Crippen molar-refractivity contribution in [2.75, 3.05) is 5.73 Å². The number of rotatable bonds is 5. The van der Waals surface area contributed by atoms with Crippen molar-refractivity contribution in [2.24, 2.45) is 0 Å². The number of nitrogen functional groups attached to an aromatic ring is 1. The molecule has 0 atom stereocenters. The minimum absolute atomic E-state index is 0.0177. The quantitative estimate of drug-likeness (QED) is 0.589. The molecule has 1 aromatic carbocycles. The molecule has 9 nitrogen and oxygen atoms in total. The van der Waals surface area contributed by atoms with Crippen LogP contribution in [0.5, 0.6) is 5.75 Å². The number of benzene rings is 1. The number of furan rings is 1. The summed E-state index contributed by atoms with van der Waals surface area (Å²) in [6.07, 6.45) is 2.67. The Kier molecular flexibility index (Phi) is 5.08. The Balaban J connectivity index is 1.53. The summed E-state index contributed by atoms with van der Waals surface area (Å²) in [6.45, 7) is 0.166. The van der Waals surface area contributed by atoms with Crippen molar-refractivity contribution >= 4 is 17.6 Å². The van der Waals surface area contributed by atoms with E-state index in [2.05, 4.69) is 20.8 Å². The summed E-state index contributed by atoms with van der Waals surface area (Å²) in [7, 11) is 0. The zero-order chi connectivity index (χ0) is 18.4. The summed E-state index contributed by atoms with van der Waals surface area (Å²) in [5.74, 6) is -0.205. The van der Waals surface area contributed by atoms with E-state index in [9.17, 15) is 9.59 Å². The predicted molar refractivity (Wildman–Crippen MR) is 90.9 cm³/mol. The lowest BCUT2D eigenvalue weighted by molar-refractivity contribution is 0.0826. The maximum absolute atomic E-state index is 12.0. The molecule has 0 bridgehead atoms. The number of anilines is 1. The smallest absolute Gasteiger partial charge is 0.305 e. The molecule has 0 unspecified atom stereocenters. The third-order valence-corrected chi connectivity index (χ3v) is 3.24. The summed E-state index contributed by atoms with van der Waals surface area (Å²) in [6, 6.07) is 12.3. The van der Waals surface area contributed by atoms with Crippen molar-refractivity contribution in [1.29, 1.82) is 0 Å². The van der Waals surface area contributed by atoms with Crippen LogP contribution in [0.4, 0.5) is 5.82 Å². The molecule has 2 amide bonds. The van der Waals surface area contributed by atoms with Crippen LogP contribution < -0.4 is 21.3 Å². The van der Waals surface area contributed by atoms with Gasteiger partial charge in [0.1, 0.15) is 18.1 Å². The van der Waals surface area contributed by atoms with E-state index in [1.165, 1.54) is 18.5 Å². The van der Waals surface area contributed by atoms with E-state index in [0.717, 1.165) is 0 Å². The maximum Gasteiger partial charge on any atom is 0.305 e.